The number of fused-ring (bicyclic) bond motifs is 1. The zero-order chi connectivity index (χ0) is 14.3. The molecule has 1 aliphatic heterocycles. The topological polar surface area (TPSA) is 35.2 Å². The van der Waals surface area contributed by atoms with Crippen LogP contribution >= 0.6 is 27.5 Å². The molecule has 0 radical (unpaired) electrons. The molecule has 0 spiro atoms. The number of rotatable bonds is 2. The standard InChI is InChI=1S/C15H12BrClFNO/c16-9-6-8-4-5-20-15(8)11(7-9)14(19)10-2-1-3-12(18)13(10)17/h1-3,6-7,14H,4-5,19H2. The van der Waals surface area contributed by atoms with Gasteiger partial charge in [-0.25, -0.2) is 4.39 Å². The second-order valence-electron chi connectivity index (χ2n) is 4.70. The summed E-state index contributed by atoms with van der Waals surface area (Å²) in [5.41, 5.74) is 8.76. The largest absolute Gasteiger partial charge is 0.493 e. The number of ether oxygens (including phenoxy) is 1. The molecule has 0 fully saturated rings. The van der Waals surface area contributed by atoms with Gasteiger partial charge in [0.25, 0.3) is 0 Å². The van der Waals surface area contributed by atoms with Crippen molar-refractivity contribution < 1.29 is 9.13 Å². The van der Waals surface area contributed by atoms with E-state index in [2.05, 4.69) is 15.9 Å². The minimum absolute atomic E-state index is 0.0618. The molecule has 2 aromatic rings. The first-order valence-corrected chi connectivity index (χ1v) is 7.39. The van der Waals surface area contributed by atoms with Crippen LogP contribution in [0.2, 0.25) is 5.02 Å². The number of hydrogen-bond acceptors (Lipinski definition) is 2. The van der Waals surface area contributed by atoms with Crippen molar-refractivity contribution in [3.63, 3.8) is 0 Å². The first kappa shape index (κ1) is 13.9. The summed E-state index contributed by atoms with van der Waals surface area (Å²) in [4.78, 5) is 0. The molecule has 1 atom stereocenters. The van der Waals surface area contributed by atoms with Crippen LogP contribution in [0.25, 0.3) is 0 Å². The Labute approximate surface area is 129 Å². The summed E-state index contributed by atoms with van der Waals surface area (Å²) in [7, 11) is 0. The molecule has 1 aliphatic rings. The third-order valence-corrected chi connectivity index (χ3v) is 4.29. The van der Waals surface area contributed by atoms with Crippen LogP contribution in [0.4, 0.5) is 4.39 Å². The zero-order valence-corrected chi connectivity index (χ0v) is 12.8. The van der Waals surface area contributed by atoms with E-state index in [0.717, 1.165) is 27.8 Å². The van der Waals surface area contributed by atoms with E-state index in [0.29, 0.717) is 12.2 Å². The Balaban J connectivity index is 2.11. The Morgan fingerprint density at radius 1 is 1.30 bits per heavy atom. The monoisotopic (exact) mass is 355 g/mol. The minimum atomic E-state index is -0.525. The molecular formula is C15H12BrClFNO. The van der Waals surface area contributed by atoms with Gasteiger partial charge in [-0.3, -0.25) is 0 Å². The molecule has 2 aromatic carbocycles. The smallest absolute Gasteiger partial charge is 0.142 e. The van der Waals surface area contributed by atoms with Crippen LogP contribution in [-0.4, -0.2) is 6.61 Å². The van der Waals surface area contributed by atoms with Gasteiger partial charge in [0.2, 0.25) is 0 Å². The van der Waals surface area contributed by atoms with Crippen LogP contribution in [0.5, 0.6) is 5.75 Å². The summed E-state index contributed by atoms with van der Waals surface area (Å²) < 4.78 is 20.2. The van der Waals surface area contributed by atoms with E-state index in [1.807, 2.05) is 12.1 Å². The van der Waals surface area contributed by atoms with Crippen molar-refractivity contribution >= 4 is 27.5 Å². The van der Waals surface area contributed by atoms with Gasteiger partial charge >= 0.3 is 0 Å². The molecule has 5 heteroatoms. The third-order valence-electron chi connectivity index (χ3n) is 3.43. The molecule has 0 aliphatic carbocycles. The van der Waals surface area contributed by atoms with Crippen LogP contribution in [0, 0.1) is 5.82 Å². The van der Waals surface area contributed by atoms with Crippen LogP contribution in [0.1, 0.15) is 22.7 Å². The second-order valence-corrected chi connectivity index (χ2v) is 6.00. The fraction of sp³-hybridized carbons (Fsp3) is 0.200. The Morgan fingerprint density at radius 2 is 2.10 bits per heavy atom. The van der Waals surface area contributed by atoms with Crippen molar-refractivity contribution in [2.24, 2.45) is 5.73 Å². The molecule has 0 aromatic heterocycles. The molecule has 2 nitrogen and oxygen atoms in total. The highest BCUT2D eigenvalue weighted by molar-refractivity contribution is 9.10. The summed E-state index contributed by atoms with van der Waals surface area (Å²) in [6.45, 7) is 0.641. The van der Waals surface area contributed by atoms with Gasteiger partial charge in [0.05, 0.1) is 17.7 Å². The van der Waals surface area contributed by atoms with Crippen molar-refractivity contribution in [3.05, 3.63) is 62.3 Å². The number of nitrogens with two attached hydrogens (primary N) is 1. The van der Waals surface area contributed by atoms with Gasteiger partial charge in [0.1, 0.15) is 11.6 Å². The van der Waals surface area contributed by atoms with Gasteiger partial charge in [-0.05, 0) is 29.3 Å². The average molecular weight is 357 g/mol. The molecule has 0 saturated heterocycles. The highest BCUT2D eigenvalue weighted by atomic mass is 79.9. The van der Waals surface area contributed by atoms with Crippen molar-refractivity contribution in [3.8, 4) is 5.75 Å². The van der Waals surface area contributed by atoms with E-state index < -0.39 is 11.9 Å². The first-order valence-electron chi connectivity index (χ1n) is 6.22. The Bertz CT molecular complexity index is 677. The van der Waals surface area contributed by atoms with Gasteiger partial charge in [0.15, 0.2) is 0 Å². The SMILES string of the molecule is NC(c1cccc(F)c1Cl)c1cc(Br)cc2c1OCC2. The predicted octanol–water partition coefficient (Wildman–Crippen LogP) is 4.22. The van der Waals surface area contributed by atoms with Gasteiger partial charge in [-0.1, -0.05) is 39.7 Å². The van der Waals surface area contributed by atoms with Gasteiger partial charge < -0.3 is 10.5 Å². The second kappa shape index (κ2) is 5.35. The maximum absolute atomic E-state index is 13.6. The lowest BCUT2D eigenvalue weighted by atomic mass is 9.96. The quantitative estimate of drug-likeness (QED) is 0.874. The lowest BCUT2D eigenvalue weighted by Crippen LogP contribution is -2.14. The molecule has 104 valence electrons. The van der Waals surface area contributed by atoms with Crippen LogP contribution in [0.15, 0.2) is 34.8 Å². The molecule has 0 amide bonds. The Hall–Kier alpha value is -1.10. The van der Waals surface area contributed by atoms with Gasteiger partial charge in [-0.2, -0.15) is 0 Å². The summed E-state index contributed by atoms with van der Waals surface area (Å²) in [5.74, 6) is 0.327. The van der Waals surface area contributed by atoms with E-state index in [-0.39, 0.29) is 5.02 Å². The van der Waals surface area contributed by atoms with Crippen LogP contribution in [0.3, 0.4) is 0 Å². The van der Waals surface area contributed by atoms with E-state index in [1.54, 1.807) is 12.1 Å². The Morgan fingerprint density at radius 3 is 2.90 bits per heavy atom. The summed E-state index contributed by atoms with van der Waals surface area (Å²) in [6, 6.07) is 8.05. The van der Waals surface area contributed by atoms with Gasteiger partial charge in [0, 0.05) is 16.5 Å². The highest BCUT2D eigenvalue weighted by Crippen LogP contribution is 2.39. The van der Waals surface area contributed by atoms with Crippen molar-refractivity contribution in [2.45, 2.75) is 12.5 Å². The summed E-state index contributed by atoms with van der Waals surface area (Å²) in [5, 5.41) is 0.0618. The summed E-state index contributed by atoms with van der Waals surface area (Å²) >= 11 is 9.49. The van der Waals surface area contributed by atoms with Crippen molar-refractivity contribution in [1.29, 1.82) is 0 Å². The molecule has 2 N–H and O–H groups in total. The minimum Gasteiger partial charge on any atom is -0.493 e. The maximum Gasteiger partial charge on any atom is 0.142 e. The third kappa shape index (κ3) is 2.32. The molecule has 3 rings (SSSR count). The van der Waals surface area contributed by atoms with E-state index in [1.165, 1.54) is 6.07 Å². The van der Waals surface area contributed by atoms with Crippen molar-refractivity contribution in [2.75, 3.05) is 6.61 Å². The number of hydrogen-bond donors (Lipinski definition) is 1. The Kier molecular flexibility index (Phi) is 3.71. The lowest BCUT2D eigenvalue weighted by Gasteiger charge is -2.18. The highest BCUT2D eigenvalue weighted by Gasteiger charge is 2.24. The zero-order valence-electron chi connectivity index (χ0n) is 10.5. The maximum atomic E-state index is 13.6. The normalized spacial score (nSPS) is 14.8. The predicted molar refractivity (Wildman–Crippen MR) is 80.8 cm³/mol. The van der Waals surface area contributed by atoms with E-state index >= 15 is 0 Å². The molecular weight excluding hydrogens is 345 g/mol. The first-order chi connectivity index (χ1) is 9.58. The van der Waals surface area contributed by atoms with E-state index in [9.17, 15) is 4.39 Å². The molecule has 0 saturated carbocycles. The average Bonchev–Trinajstić information content (AvgIpc) is 2.88. The molecule has 1 unspecified atom stereocenters. The fourth-order valence-corrected chi connectivity index (χ4v) is 3.22. The molecule has 20 heavy (non-hydrogen) atoms. The van der Waals surface area contributed by atoms with Crippen LogP contribution < -0.4 is 10.5 Å². The van der Waals surface area contributed by atoms with Crippen molar-refractivity contribution in [1.82, 2.24) is 0 Å². The number of halogens is 3. The fourth-order valence-electron chi connectivity index (χ4n) is 2.46. The summed E-state index contributed by atoms with van der Waals surface area (Å²) in [6.07, 6.45) is 0.853. The van der Waals surface area contributed by atoms with E-state index in [4.69, 9.17) is 22.1 Å². The van der Waals surface area contributed by atoms with Gasteiger partial charge in [-0.15, -0.1) is 0 Å². The molecule has 0 bridgehead atoms. The van der Waals surface area contributed by atoms with Crippen LogP contribution in [-0.2, 0) is 6.42 Å². The molecule has 1 heterocycles. The lowest BCUT2D eigenvalue weighted by molar-refractivity contribution is 0.352. The number of benzene rings is 2.